The van der Waals surface area contributed by atoms with E-state index in [1.165, 1.54) is 19.3 Å². The summed E-state index contributed by atoms with van der Waals surface area (Å²) in [4.78, 5) is 26.3. The lowest BCUT2D eigenvalue weighted by Crippen LogP contribution is -2.40. The van der Waals surface area contributed by atoms with Gasteiger partial charge in [0.05, 0.1) is 16.6 Å². The highest BCUT2D eigenvalue weighted by molar-refractivity contribution is 6.35. The number of rotatable bonds is 3. The van der Waals surface area contributed by atoms with Crippen LogP contribution in [0, 0.1) is 5.92 Å². The molecule has 2 fully saturated rings. The highest BCUT2D eigenvalue weighted by Crippen LogP contribution is 2.33. The Morgan fingerprint density at radius 2 is 1.91 bits per heavy atom. The van der Waals surface area contributed by atoms with E-state index in [9.17, 15) is 9.59 Å². The zero-order valence-corrected chi connectivity index (χ0v) is 14.4. The molecule has 1 aliphatic heterocycles. The highest BCUT2D eigenvalue weighted by Gasteiger charge is 2.36. The van der Waals surface area contributed by atoms with Crippen LogP contribution in [0.15, 0.2) is 18.2 Å². The average Bonchev–Trinajstić information content (AvgIpc) is 2.92. The lowest BCUT2D eigenvalue weighted by atomic mass is 9.95. The predicted octanol–water partition coefficient (Wildman–Crippen LogP) is 3.80. The van der Waals surface area contributed by atoms with Crippen LogP contribution in [0.3, 0.4) is 0 Å². The van der Waals surface area contributed by atoms with Gasteiger partial charge in [-0.2, -0.15) is 0 Å². The minimum Gasteiger partial charge on any atom is -0.353 e. The molecule has 3 rings (SSSR count). The molecule has 23 heavy (non-hydrogen) atoms. The number of amides is 2. The van der Waals surface area contributed by atoms with Gasteiger partial charge in [0.1, 0.15) is 0 Å². The van der Waals surface area contributed by atoms with E-state index in [0.717, 1.165) is 12.8 Å². The summed E-state index contributed by atoms with van der Waals surface area (Å²) in [6, 6.07) is 5.28. The maximum atomic E-state index is 12.4. The average molecular weight is 355 g/mol. The third-order valence-electron chi connectivity index (χ3n) is 4.65. The molecule has 1 aromatic rings. The molecule has 1 atom stereocenters. The first-order valence-corrected chi connectivity index (χ1v) is 8.86. The van der Waals surface area contributed by atoms with Crippen LogP contribution >= 0.6 is 23.2 Å². The molecule has 1 aromatic carbocycles. The highest BCUT2D eigenvalue weighted by atomic mass is 35.5. The van der Waals surface area contributed by atoms with Gasteiger partial charge in [0.15, 0.2) is 0 Å². The first-order chi connectivity index (χ1) is 11.0. The zero-order chi connectivity index (χ0) is 16.4. The number of carbonyl (C=O) groups is 2. The van der Waals surface area contributed by atoms with Crippen LogP contribution in [0.1, 0.15) is 38.5 Å². The normalized spacial score (nSPS) is 22.4. The first-order valence-electron chi connectivity index (χ1n) is 8.10. The molecule has 4 nitrogen and oxygen atoms in total. The van der Waals surface area contributed by atoms with Crippen LogP contribution < -0.4 is 10.2 Å². The second kappa shape index (κ2) is 7.10. The third-order valence-corrected chi connectivity index (χ3v) is 5.20. The smallest absolute Gasteiger partial charge is 0.227 e. The predicted molar refractivity (Wildman–Crippen MR) is 91.9 cm³/mol. The Morgan fingerprint density at radius 3 is 2.65 bits per heavy atom. The number of nitrogens with zero attached hydrogens (tertiary/aromatic N) is 1. The second-order valence-corrected chi connectivity index (χ2v) is 7.19. The van der Waals surface area contributed by atoms with Gasteiger partial charge >= 0.3 is 0 Å². The number of hydrogen-bond acceptors (Lipinski definition) is 2. The Morgan fingerprint density at radius 1 is 1.17 bits per heavy atom. The topological polar surface area (TPSA) is 49.4 Å². The van der Waals surface area contributed by atoms with Crippen molar-refractivity contribution < 1.29 is 9.59 Å². The summed E-state index contributed by atoms with van der Waals surface area (Å²) < 4.78 is 0. The number of halogens is 2. The fourth-order valence-corrected chi connectivity index (χ4v) is 3.76. The van der Waals surface area contributed by atoms with Crippen molar-refractivity contribution in [3.05, 3.63) is 28.2 Å². The number of carbonyl (C=O) groups excluding carboxylic acids is 2. The number of anilines is 1. The van der Waals surface area contributed by atoms with E-state index < -0.39 is 0 Å². The molecule has 2 amide bonds. The van der Waals surface area contributed by atoms with Crippen molar-refractivity contribution >= 4 is 40.7 Å². The van der Waals surface area contributed by atoms with E-state index in [-0.39, 0.29) is 30.2 Å². The Bertz CT molecular complexity index is 615. The van der Waals surface area contributed by atoms with Crippen molar-refractivity contribution in [2.75, 3.05) is 11.4 Å². The molecule has 1 heterocycles. The summed E-state index contributed by atoms with van der Waals surface area (Å²) in [6.45, 7) is 0.359. The zero-order valence-electron chi connectivity index (χ0n) is 12.9. The van der Waals surface area contributed by atoms with Crippen molar-refractivity contribution in [3.63, 3.8) is 0 Å². The minimum atomic E-state index is -0.320. The maximum Gasteiger partial charge on any atom is 0.227 e. The van der Waals surface area contributed by atoms with E-state index >= 15 is 0 Å². The van der Waals surface area contributed by atoms with Crippen molar-refractivity contribution in [3.8, 4) is 0 Å². The standard InChI is InChI=1S/C17H20Cl2N2O2/c18-12-6-7-14(19)15(9-12)21-10-11(8-16(21)22)17(23)20-13-4-2-1-3-5-13/h6-7,9,11,13H,1-5,8,10H2,(H,20,23). The Kier molecular flexibility index (Phi) is 5.12. The van der Waals surface area contributed by atoms with Gasteiger partial charge in [-0.3, -0.25) is 9.59 Å². The quantitative estimate of drug-likeness (QED) is 0.897. The van der Waals surface area contributed by atoms with Crippen LogP contribution in [0.25, 0.3) is 0 Å². The first kappa shape index (κ1) is 16.6. The molecule has 0 radical (unpaired) electrons. The summed E-state index contributed by atoms with van der Waals surface area (Å²) >= 11 is 12.2. The van der Waals surface area contributed by atoms with E-state index in [4.69, 9.17) is 23.2 Å². The fraction of sp³-hybridized carbons (Fsp3) is 0.529. The van der Waals surface area contributed by atoms with Gasteiger partial charge in [0, 0.05) is 24.0 Å². The van der Waals surface area contributed by atoms with Crippen LogP contribution in [0.5, 0.6) is 0 Å². The monoisotopic (exact) mass is 354 g/mol. The van der Waals surface area contributed by atoms with E-state index in [1.54, 1.807) is 23.1 Å². The van der Waals surface area contributed by atoms with Crippen molar-refractivity contribution in [2.45, 2.75) is 44.6 Å². The summed E-state index contributed by atoms with van der Waals surface area (Å²) in [7, 11) is 0. The molecule has 1 saturated heterocycles. The lowest BCUT2D eigenvalue weighted by molar-refractivity contribution is -0.127. The molecule has 1 unspecified atom stereocenters. The molecule has 0 spiro atoms. The van der Waals surface area contributed by atoms with Gasteiger partial charge < -0.3 is 10.2 Å². The molecule has 124 valence electrons. The maximum absolute atomic E-state index is 12.4. The van der Waals surface area contributed by atoms with E-state index in [2.05, 4.69) is 5.32 Å². The van der Waals surface area contributed by atoms with Gasteiger partial charge in [0.25, 0.3) is 0 Å². The fourth-order valence-electron chi connectivity index (χ4n) is 3.37. The Labute approximate surface area is 146 Å². The van der Waals surface area contributed by atoms with Gasteiger partial charge in [0.2, 0.25) is 11.8 Å². The summed E-state index contributed by atoms with van der Waals surface area (Å²) in [5.74, 6) is -0.427. The Hall–Kier alpha value is -1.26. The molecular weight excluding hydrogens is 335 g/mol. The summed E-state index contributed by atoms with van der Waals surface area (Å²) in [5.41, 5.74) is 0.581. The molecule has 2 aliphatic rings. The van der Waals surface area contributed by atoms with Gasteiger partial charge in [-0.15, -0.1) is 0 Å². The molecule has 0 aromatic heterocycles. The van der Waals surface area contributed by atoms with Crippen LogP contribution in [-0.4, -0.2) is 24.4 Å². The van der Waals surface area contributed by atoms with Crippen molar-refractivity contribution in [1.29, 1.82) is 0 Å². The molecule has 1 aliphatic carbocycles. The largest absolute Gasteiger partial charge is 0.353 e. The van der Waals surface area contributed by atoms with Crippen LogP contribution in [0.2, 0.25) is 10.0 Å². The lowest BCUT2D eigenvalue weighted by Gasteiger charge is -2.24. The Balaban J connectivity index is 1.67. The molecule has 1 saturated carbocycles. The van der Waals surface area contributed by atoms with Crippen molar-refractivity contribution in [1.82, 2.24) is 5.32 Å². The SMILES string of the molecule is O=C(NC1CCCCC1)C1CC(=O)N(c2cc(Cl)ccc2Cl)C1. The van der Waals surface area contributed by atoms with E-state index in [0.29, 0.717) is 22.3 Å². The van der Waals surface area contributed by atoms with Crippen molar-refractivity contribution in [2.24, 2.45) is 5.92 Å². The molecule has 1 N–H and O–H groups in total. The summed E-state index contributed by atoms with van der Waals surface area (Å²) in [5, 5.41) is 4.09. The van der Waals surface area contributed by atoms with Crippen LogP contribution in [0.4, 0.5) is 5.69 Å². The number of hydrogen-bond donors (Lipinski definition) is 1. The molecular formula is C17H20Cl2N2O2. The number of benzene rings is 1. The van der Waals surface area contributed by atoms with Gasteiger partial charge in [-0.05, 0) is 31.0 Å². The summed E-state index contributed by atoms with van der Waals surface area (Å²) in [6.07, 6.45) is 5.88. The van der Waals surface area contributed by atoms with E-state index in [1.807, 2.05) is 0 Å². The minimum absolute atomic E-state index is 0.0223. The van der Waals surface area contributed by atoms with Gasteiger partial charge in [-0.1, -0.05) is 42.5 Å². The third kappa shape index (κ3) is 3.81. The van der Waals surface area contributed by atoms with Crippen LogP contribution in [-0.2, 0) is 9.59 Å². The molecule has 0 bridgehead atoms. The number of nitrogens with one attached hydrogen (secondary N) is 1. The molecule has 6 heteroatoms. The second-order valence-electron chi connectivity index (χ2n) is 6.34. The van der Waals surface area contributed by atoms with Gasteiger partial charge in [-0.25, -0.2) is 0 Å².